The molecule has 0 saturated heterocycles. The lowest BCUT2D eigenvalue weighted by Gasteiger charge is -2.04. The highest BCUT2D eigenvalue weighted by atomic mass is 16.5. The van der Waals surface area contributed by atoms with E-state index < -0.39 is 0 Å². The molecule has 0 radical (unpaired) electrons. The maximum atomic E-state index is 11.5. The molecule has 2 rings (SSSR count). The summed E-state index contributed by atoms with van der Waals surface area (Å²) < 4.78 is 5.07. The summed E-state index contributed by atoms with van der Waals surface area (Å²) in [4.78, 5) is 22.8. The van der Waals surface area contributed by atoms with Gasteiger partial charge >= 0.3 is 5.97 Å². The highest BCUT2D eigenvalue weighted by molar-refractivity contribution is 5.94. The second kappa shape index (κ2) is 8.82. The van der Waals surface area contributed by atoms with Crippen molar-refractivity contribution in [2.45, 2.75) is 26.7 Å². The Hall–Kier alpha value is -2.68. The SMILES string of the molecule is CCCCOC(=O)/C=C/c1ccc(-c2ccc(C(C)=O)cc2)cc1. The van der Waals surface area contributed by atoms with Crippen molar-refractivity contribution in [1.29, 1.82) is 0 Å². The van der Waals surface area contributed by atoms with E-state index in [2.05, 4.69) is 6.92 Å². The van der Waals surface area contributed by atoms with E-state index in [0.717, 1.165) is 29.5 Å². The van der Waals surface area contributed by atoms with Crippen LogP contribution in [0.3, 0.4) is 0 Å². The molecule has 0 aliphatic rings. The highest BCUT2D eigenvalue weighted by Crippen LogP contribution is 2.21. The van der Waals surface area contributed by atoms with Gasteiger partial charge in [-0.3, -0.25) is 4.79 Å². The predicted octanol–water partition coefficient (Wildman–Crippen LogP) is 4.91. The fourth-order valence-electron chi connectivity index (χ4n) is 2.21. The van der Waals surface area contributed by atoms with Gasteiger partial charge in [-0.1, -0.05) is 61.9 Å². The van der Waals surface area contributed by atoms with Crippen LogP contribution < -0.4 is 0 Å². The third-order valence-electron chi connectivity index (χ3n) is 3.69. The van der Waals surface area contributed by atoms with Crippen LogP contribution >= 0.6 is 0 Å². The summed E-state index contributed by atoms with van der Waals surface area (Å²) in [6, 6.07) is 15.4. The van der Waals surface area contributed by atoms with Gasteiger partial charge in [0.05, 0.1) is 6.61 Å². The summed E-state index contributed by atoms with van der Waals surface area (Å²) >= 11 is 0. The Morgan fingerprint density at radius 2 is 1.54 bits per heavy atom. The zero-order chi connectivity index (χ0) is 17.4. The normalized spacial score (nSPS) is 10.8. The molecule has 0 amide bonds. The fourth-order valence-corrected chi connectivity index (χ4v) is 2.21. The Kier molecular flexibility index (Phi) is 6.50. The third-order valence-corrected chi connectivity index (χ3v) is 3.69. The van der Waals surface area contributed by atoms with Crippen LogP contribution in [0.25, 0.3) is 17.2 Å². The molecule has 3 nitrogen and oxygen atoms in total. The van der Waals surface area contributed by atoms with Crippen LogP contribution in [0, 0.1) is 0 Å². The predicted molar refractivity (Wildman–Crippen MR) is 96.8 cm³/mol. The summed E-state index contributed by atoms with van der Waals surface area (Å²) in [5, 5.41) is 0. The minimum Gasteiger partial charge on any atom is -0.463 e. The van der Waals surface area contributed by atoms with Crippen LogP contribution in [0.2, 0.25) is 0 Å². The Morgan fingerprint density at radius 1 is 0.958 bits per heavy atom. The average Bonchev–Trinajstić information content (AvgIpc) is 2.61. The minimum absolute atomic E-state index is 0.0628. The van der Waals surface area contributed by atoms with Crippen LogP contribution in [-0.2, 0) is 9.53 Å². The van der Waals surface area contributed by atoms with Crippen molar-refractivity contribution in [1.82, 2.24) is 0 Å². The van der Waals surface area contributed by atoms with Gasteiger partial charge in [0.25, 0.3) is 0 Å². The maximum Gasteiger partial charge on any atom is 0.330 e. The number of ketones is 1. The number of esters is 1. The van der Waals surface area contributed by atoms with E-state index >= 15 is 0 Å². The molecule has 0 bridgehead atoms. The summed E-state index contributed by atoms with van der Waals surface area (Å²) in [6.07, 6.45) is 5.09. The molecule has 3 heteroatoms. The summed E-state index contributed by atoms with van der Waals surface area (Å²) in [5.74, 6) is -0.250. The van der Waals surface area contributed by atoms with E-state index in [9.17, 15) is 9.59 Å². The monoisotopic (exact) mass is 322 g/mol. The first-order valence-corrected chi connectivity index (χ1v) is 8.16. The molecular formula is C21H22O3. The Balaban J connectivity index is 1.99. The van der Waals surface area contributed by atoms with E-state index in [-0.39, 0.29) is 11.8 Å². The average molecular weight is 322 g/mol. The topological polar surface area (TPSA) is 43.4 Å². The lowest BCUT2D eigenvalue weighted by atomic mass is 10.0. The van der Waals surface area contributed by atoms with Gasteiger partial charge in [0.1, 0.15) is 0 Å². The number of ether oxygens (including phenoxy) is 1. The molecule has 24 heavy (non-hydrogen) atoms. The van der Waals surface area contributed by atoms with Gasteiger partial charge in [0.2, 0.25) is 0 Å². The van der Waals surface area contributed by atoms with Crippen molar-refractivity contribution in [3.63, 3.8) is 0 Å². The van der Waals surface area contributed by atoms with Crippen molar-refractivity contribution in [2.75, 3.05) is 6.61 Å². The smallest absolute Gasteiger partial charge is 0.330 e. The standard InChI is InChI=1S/C21H22O3/c1-3-4-15-24-21(23)14-7-17-5-8-19(9-6-17)20-12-10-18(11-13-20)16(2)22/h5-14H,3-4,15H2,1-2H3/b14-7+. The van der Waals surface area contributed by atoms with Crippen LogP contribution in [0.15, 0.2) is 54.6 Å². The largest absolute Gasteiger partial charge is 0.463 e. The summed E-state index contributed by atoms with van der Waals surface area (Å²) in [5.41, 5.74) is 3.76. The van der Waals surface area contributed by atoms with E-state index in [4.69, 9.17) is 4.74 Å². The number of hydrogen-bond donors (Lipinski definition) is 0. The molecule has 2 aromatic rings. The first-order valence-electron chi connectivity index (χ1n) is 8.16. The number of carbonyl (C=O) groups excluding carboxylic acids is 2. The Labute approximate surface area is 143 Å². The lowest BCUT2D eigenvalue weighted by Crippen LogP contribution is -2.01. The van der Waals surface area contributed by atoms with Gasteiger partial charge in [-0.2, -0.15) is 0 Å². The second-order valence-electron chi connectivity index (χ2n) is 5.61. The molecule has 0 aromatic heterocycles. The molecule has 0 heterocycles. The number of benzene rings is 2. The molecule has 0 unspecified atom stereocenters. The summed E-state index contributed by atoms with van der Waals surface area (Å²) in [6.45, 7) is 4.08. The molecule has 0 fully saturated rings. The molecule has 0 saturated carbocycles. The van der Waals surface area contributed by atoms with E-state index in [1.54, 1.807) is 13.0 Å². The van der Waals surface area contributed by atoms with Crippen molar-refractivity contribution >= 4 is 17.8 Å². The van der Waals surface area contributed by atoms with E-state index in [1.807, 2.05) is 48.5 Å². The van der Waals surface area contributed by atoms with Crippen molar-refractivity contribution in [3.05, 3.63) is 65.7 Å². The van der Waals surface area contributed by atoms with Gasteiger partial charge in [-0.25, -0.2) is 4.79 Å². The highest BCUT2D eigenvalue weighted by Gasteiger charge is 2.01. The number of unbranched alkanes of at least 4 members (excludes halogenated alkanes) is 1. The van der Waals surface area contributed by atoms with Gasteiger partial charge < -0.3 is 4.74 Å². The van der Waals surface area contributed by atoms with Gasteiger partial charge in [-0.15, -0.1) is 0 Å². The maximum absolute atomic E-state index is 11.5. The lowest BCUT2D eigenvalue weighted by molar-refractivity contribution is -0.137. The molecule has 0 atom stereocenters. The van der Waals surface area contributed by atoms with Crippen LogP contribution in [-0.4, -0.2) is 18.4 Å². The summed E-state index contributed by atoms with van der Waals surface area (Å²) in [7, 11) is 0. The zero-order valence-corrected chi connectivity index (χ0v) is 14.1. The van der Waals surface area contributed by atoms with Crippen molar-refractivity contribution < 1.29 is 14.3 Å². The fraction of sp³-hybridized carbons (Fsp3) is 0.238. The first kappa shape index (κ1) is 17.7. The number of rotatable bonds is 7. The Morgan fingerprint density at radius 3 is 2.08 bits per heavy atom. The second-order valence-corrected chi connectivity index (χ2v) is 5.61. The molecule has 2 aromatic carbocycles. The van der Waals surface area contributed by atoms with Gasteiger partial charge in [-0.05, 0) is 36.1 Å². The third kappa shape index (κ3) is 5.20. The molecular weight excluding hydrogens is 300 g/mol. The molecule has 124 valence electrons. The first-order chi connectivity index (χ1) is 11.6. The number of hydrogen-bond acceptors (Lipinski definition) is 3. The van der Waals surface area contributed by atoms with Crippen LogP contribution in [0.1, 0.15) is 42.6 Å². The molecule has 0 spiro atoms. The van der Waals surface area contributed by atoms with Crippen molar-refractivity contribution in [3.8, 4) is 11.1 Å². The van der Waals surface area contributed by atoms with Crippen molar-refractivity contribution in [2.24, 2.45) is 0 Å². The van der Waals surface area contributed by atoms with Gasteiger partial charge in [0, 0.05) is 11.6 Å². The van der Waals surface area contributed by atoms with Gasteiger partial charge in [0.15, 0.2) is 5.78 Å². The van der Waals surface area contributed by atoms with E-state index in [1.165, 1.54) is 6.08 Å². The number of Topliss-reactive ketones (excluding diaryl/α,β-unsaturated/α-hetero) is 1. The molecule has 0 aliphatic heterocycles. The molecule has 0 aliphatic carbocycles. The minimum atomic E-state index is -0.313. The molecule has 0 N–H and O–H groups in total. The van der Waals surface area contributed by atoms with E-state index in [0.29, 0.717) is 12.2 Å². The van der Waals surface area contributed by atoms with Crippen LogP contribution in [0.5, 0.6) is 0 Å². The quantitative estimate of drug-likeness (QED) is 0.315. The zero-order valence-electron chi connectivity index (χ0n) is 14.1. The Bertz CT molecular complexity index is 710. The van der Waals surface area contributed by atoms with Crippen LogP contribution in [0.4, 0.5) is 0 Å². The number of carbonyl (C=O) groups is 2.